The van der Waals surface area contributed by atoms with Gasteiger partial charge in [0.15, 0.2) is 0 Å². The number of pyridine rings is 2. The third-order valence-electron chi connectivity index (χ3n) is 4.06. The number of anilines is 2. The number of alkyl halides is 3. The Hall–Kier alpha value is -2.64. The summed E-state index contributed by atoms with van der Waals surface area (Å²) in [5.74, 6) is 0.331. The molecule has 1 aliphatic rings. The maximum absolute atomic E-state index is 12.6. The zero-order valence-corrected chi connectivity index (χ0v) is 13.6. The van der Waals surface area contributed by atoms with Gasteiger partial charge in [-0.15, -0.1) is 0 Å². The number of carbonyl (C=O) groups excluding carboxylic acids is 1. The smallest absolute Gasteiger partial charge is 0.357 e. The van der Waals surface area contributed by atoms with Crippen LogP contribution in [0.1, 0.15) is 34.6 Å². The Morgan fingerprint density at radius 3 is 2.44 bits per heavy atom. The number of carbonyl (C=O) groups is 1. The fourth-order valence-electron chi connectivity index (χ4n) is 2.75. The molecular formula is C17H17F3N4O. The first-order chi connectivity index (χ1) is 11.8. The predicted octanol–water partition coefficient (Wildman–Crippen LogP) is 3.66. The fourth-order valence-corrected chi connectivity index (χ4v) is 2.75. The second-order valence-corrected chi connectivity index (χ2v) is 5.88. The molecule has 1 fully saturated rings. The molecule has 3 heterocycles. The van der Waals surface area contributed by atoms with Crippen molar-refractivity contribution in [3.63, 3.8) is 0 Å². The molecule has 2 aromatic heterocycles. The number of nitrogens with zero attached hydrogens (tertiary/aromatic N) is 3. The number of hydrogen-bond donors (Lipinski definition) is 1. The molecular weight excluding hydrogens is 333 g/mol. The molecule has 5 nitrogen and oxygen atoms in total. The van der Waals surface area contributed by atoms with Crippen LogP contribution in [0.5, 0.6) is 0 Å². The van der Waals surface area contributed by atoms with Crippen LogP contribution in [-0.2, 0) is 6.18 Å². The molecule has 0 bridgehead atoms. The third-order valence-corrected chi connectivity index (χ3v) is 4.06. The van der Waals surface area contributed by atoms with Gasteiger partial charge in [-0.1, -0.05) is 0 Å². The van der Waals surface area contributed by atoms with Crippen molar-refractivity contribution in [2.24, 2.45) is 0 Å². The van der Waals surface area contributed by atoms with Crippen molar-refractivity contribution < 1.29 is 18.0 Å². The van der Waals surface area contributed by atoms with Crippen molar-refractivity contribution in [3.05, 3.63) is 47.4 Å². The molecule has 1 amide bonds. The Morgan fingerprint density at radius 2 is 1.88 bits per heavy atom. The molecule has 0 saturated carbocycles. The van der Waals surface area contributed by atoms with Gasteiger partial charge in [0.25, 0.3) is 5.91 Å². The molecule has 0 aliphatic carbocycles. The molecule has 1 saturated heterocycles. The topological polar surface area (TPSA) is 58.1 Å². The van der Waals surface area contributed by atoms with Gasteiger partial charge in [0, 0.05) is 13.1 Å². The molecule has 0 spiro atoms. The summed E-state index contributed by atoms with van der Waals surface area (Å²) in [6, 6.07) is 5.48. The third kappa shape index (κ3) is 3.89. The highest BCUT2D eigenvalue weighted by atomic mass is 19.4. The molecule has 1 aliphatic heterocycles. The molecule has 1 N–H and O–H groups in total. The van der Waals surface area contributed by atoms with Gasteiger partial charge in [-0.25, -0.2) is 9.97 Å². The quantitative estimate of drug-likeness (QED) is 0.918. The van der Waals surface area contributed by atoms with E-state index in [0.717, 1.165) is 43.9 Å². The molecule has 0 unspecified atom stereocenters. The van der Waals surface area contributed by atoms with Gasteiger partial charge in [0.1, 0.15) is 11.5 Å². The largest absolute Gasteiger partial charge is 0.433 e. The fraction of sp³-hybridized carbons (Fsp3) is 0.353. The lowest BCUT2D eigenvalue weighted by molar-refractivity contribution is -0.141. The average Bonchev–Trinajstić information content (AvgIpc) is 3.09. The highest BCUT2D eigenvalue weighted by Crippen LogP contribution is 2.28. The van der Waals surface area contributed by atoms with E-state index in [0.29, 0.717) is 5.69 Å². The van der Waals surface area contributed by atoms with E-state index in [2.05, 4.69) is 20.2 Å². The summed E-state index contributed by atoms with van der Waals surface area (Å²) in [5.41, 5.74) is -0.420. The Balaban J connectivity index is 1.71. The van der Waals surface area contributed by atoms with Crippen LogP contribution in [0.2, 0.25) is 0 Å². The Bertz CT molecular complexity index is 768. The Labute approximate surface area is 142 Å². The minimum absolute atomic E-state index is 0.0222. The van der Waals surface area contributed by atoms with E-state index in [4.69, 9.17) is 0 Å². The van der Waals surface area contributed by atoms with E-state index in [1.807, 2.05) is 6.07 Å². The van der Waals surface area contributed by atoms with Gasteiger partial charge in [-0.05, 0) is 44.0 Å². The molecule has 0 atom stereocenters. The van der Waals surface area contributed by atoms with Crippen LogP contribution in [-0.4, -0.2) is 29.0 Å². The zero-order chi connectivity index (χ0) is 18.0. The highest BCUT2D eigenvalue weighted by molar-refractivity contribution is 6.04. The lowest BCUT2D eigenvalue weighted by Crippen LogP contribution is -2.19. The molecule has 0 radical (unpaired) electrons. The molecule has 8 heteroatoms. The molecule has 2 aromatic rings. The molecule has 25 heavy (non-hydrogen) atoms. The van der Waals surface area contributed by atoms with Crippen molar-refractivity contribution in [2.75, 3.05) is 23.3 Å². The maximum atomic E-state index is 12.6. The number of nitrogens with one attached hydrogen (secondary N) is 1. The van der Waals surface area contributed by atoms with Crippen molar-refractivity contribution in [1.29, 1.82) is 0 Å². The summed E-state index contributed by atoms with van der Waals surface area (Å²) < 4.78 is 37.9. The first-order valence-electron chi connectivity index (χ1n) is 7.92. The van der Waals surface area contributed by atoms with Crippen molar-refractivity contribution in [1.82, 2.24) is 9.97 Å². The average molecular weight is 350 g/mol. The van der Waals surface area contributed by atoms with Crippen LogP contribution in [0.3, 0.4) is 0 Å². The summed E-state index contributed by atoms with van der Waals surface area (Å²) >= 11 is 0. The van der Waals surface area contributed by atoms with Crippen molar-refractivity contribution in [3.8, 4) is 0 Å². The van der Waals surface area contributed by atoms with Crippen molar-refractivity contribution >= 4 is 17.4 Å². The van der Waals surface area contributed by atoms with E-state index in [9.17, 15) is 18.0 Å². The molecule has 0 aromatic carbocycles. The SMILES string of the molecule is Cc1nc(C(F)(F)F)ccc1C(=O)Nc1ccc(N2CCCC2)nc1. The van der Waals surface area contributed by atoms with Crippen LogP contribution in [0.15, 0.2) is 30.5 Å². The molecule has 3 rings (SSSR count). The highest BCUT2D eigenvalue weighted by Gasteiger charge is 2.33. The van der Waals surface area contributed by atoms with Crippen LogP contribution < -0.4 is 10.2 Å². The predicted molar refractivity (Wildman–Crippen MR) is 87.6 cm³/mol. The van der Waals surface area contributed by atoms with Crippen molar-refractivity contribution in [2.45, 2.75) is 25.9 Å². The first kappa shape index (κ1) is 17.2. The van der Waals surface area contributed by atoms with Gasteiger partial charge in [0.05, 0.1) is 23.1 Å². The summed E-state index contributed by atoms with van der Waals surface area (Å²) in [5, 5.41) is 2.63. The number of hydrogen-bond acceptors (Lipinski definition) is 4. The summed E-state index contributed by atoms with van der Waals surface area (Å²) in [6.45, 7) is 3.31. The van der Waals surface area contributed by atoms with Gasteiger partial charge in [0.2, 0.25) is 0 Å². The normalized spacial score (nSPS) is 14.6. The van der Waals surface area contributed by atoms with Gasteiger partial charge in [-0.2, -0.15) is 13.2 Å². The number of aromatic nitrogens is 2. The van der Waals surface area contributed by atoms with Crippen LogP contribution >= 0.6 is 0 Å². The first-order valence-corrected chi connectivity index (χ1v) is 7.92. The van der Waals surface area contributed by atoms with Crippen LogP contribution in [0.4, 0.5) is 24.7 Å². The molecule has 132 valence electrons. The lowest BCUT2D eigenvalue weighted by Gasteiger charge is -2.16. The minimum atomic E-state index is -4.53. The van der Waals surface area contributed by atoms with Crippen LogP contribution in [0, 0.1) is 6.92 Å². The second kappa shape index (κ2) is 6.70. The lowest BCUT2D eigenvalue weighted by atomic mass is 10.1. The van der Waals surface area contributed by atoms with Gasteiger partial charge in [-0.3, -0.25) is 4.79 Å². The standard InChI is InChI=1S/C17H17F3N4O/c1-11-13(5-6-14(22-11)17(18,19)20)16(25)23-12-4-7-15(21-10-12)24-8-2-3-9-24/h4-7,10H,2-3,8-9H2,1H3,(H,23,25). The van der Waals surface area contributed by atoms with Gasteiger partial charge >= 0.3 is 6.18 Å². The van der Waals surface area contributed by atoms with Gasteiger partial charge < -0.3 is 10.2 Å². The summed E-state index contributed by atoms with van der Waals surface area (Å²) in [7, 11) is 0. The monoisotopic (exact) mass is 350 g/mol. The van der Waals surface area contributed by atoms with E-state index in [1.54, 1.807) is 12.3 Å². The maximum Gasteiger partial charge on any atom is 0.433 e. The number of rotatable bonds is 3. The van der Waals surface area contributed by atoms with E-state index in [1.165, 1.54) is 6.92 Å². The number of aryl methyl sites for hydroxylation is 1. The zero-order valence-electron chi connectivity index (χ0n) is 13.6. The Morgan fingerprint density at radius 1 is 1.16 bits per heavy atom. The minimum Gasteiger partial charge on any atom is -0.357 e. The number of halogens is 3. The summed E-state index contributed by atoms with van der Waals surface area (Å²) in [4.78, 5) is 22.2. The van der Waals surface area contributed by atoms with E-state index >= 15 is 0 Å². The summed E-state index contributed by atoms with van der Waals surface area (Å²) in [6.07, 6.45) is -0.714. The Kier molecular flexibility index (Phi) is 4.61. The van der Waals surface area contributed by atoms with E-state index in [-0.39, 0.29) is 11.3 Å². The number of amides is 1. The second-order valence-electron chi connectivity index (χ2n) is 5.88. The van der Waals surface area contributed by atoms with E-state index < -0.39 is 17.8 Å². The van der Waals surface area contributed by atoms with Crippen LogP contribution in [0.25, 0.3) is 0 Å².